The van der Waals surface area contributed by atoms with Crippen LogP contribution in [0.1, 0.15) is 46.2 Å². The van der Waals surface area contributed by atoms with Crippen LogP contribution in [0.2, 0.25) is 0 Å². The summed E-state index contributed by atoms with van der Waals surface area (Å²) in [5, 5.41) is 0.772. The molecule has 1 fully saturated rings. The first-order valence-electron chi connectivity index (χ1n) is 6.32. The second kappa shape index (κ2) is 5.61. The summed E-state index contributed by atoms with van der Waals surface area (Å²) in [5.74, 6) is -0.585. The van der Waals surface area contributed by atoms with Gasteiger partial charge in [0.05, 0.1) is 17.7 Å². The van der Waals surface area contributed by atoms with Gasteiger partial charge in [0.15, 0.2) is 5.78 Å². The molecule has 5 nitrogen and oxygen atoms in total. The van der Waals surface area contributed by atoms with E-state index in [2.05, 4.69) is 4.90 Å². The van der Waals surface area contributed by atoms with E-state index in [1.165, 1.54) is 31.8 Å². The van der Waals surface area contributed by atoms with Gasteiger partial charge in [0, 0.05) is 20.0 Å². The van der Waals surface area contributed by atoms with E-state index in [9.17, 15) is 9.59 Å². The minimum Gasteiger partial charge on any atom is -0.465 e. The molecule has 1 aliphatic heterocycles. The number of hydrogen-bond donors (Lipinski definition) is 1. The molecule has 1 aromatic rings. The summed E-state index contributed by atoms with van der Waals surface area (Å²) in [6.45, 7) is 3.24. The normalized spacial score (nSPS) is 15.4. The maximum Gasteiger partial charge on any atom is 0.343 e. The highest BCUT2D eigenvalue weighted by atomic mass is 32.1. The van der Waals surface area contributed by atoms with Gasteiger partial charge in [-0.3, -0.25) is 4.79 Å². The molecule has 2 rings (SSSR count). The van der Waals surface area contributed by atoms with Gasteiger partial charge in [-0.2, -0.15) is 0 Å². The number of esters is 1. The molecule has 104 valence electrons. The van der Waals surface area contributed by atoms with E-state index in [4.69, 9.17) is 10.5 Å². The second-order valence-corrected chi connectivity index (χ2v) is 5.62. The molecular formula is C13H18N2O3S. The van der Waals surface area contributed by atoms with Crippen LogP contribution in [-0.4, -0.2) is 32.0 Å². The van der Waals surface area contributed by atoms with Gasteiger partial charge in [-0.1, -0.05) is 0 Å². The largest absolute Gasteiger partial charge is 0.465 e. The number of rotatable bonds is 3. The van der Waals surface area contributed by atoms with Crippen molar-refractivity contribution >= 4 is 33.8 Å². The third kappa shape index (κ3) is 2.58. The van der Waals surface area contributed by atoms with Crippen molar-refractivity contribution in [1.29, 1.82) is 0 Å². The molecule has 0 spiro atoms. The Kier molecular flexibility index (Phi) is 4.09. The maximum absolute atomic E-state index is 11.9. The number of carbonyl (C=O) groups is 2. The summed E-state index contributed by atoms with van der Waals surface area (Å²) in [6, 6.07) is 0. The molecule has 0 aliphatic carbocycles. The average Bonchev–Trinajstić information content (AvgIpc) is 2.77. The zero-order valence-electron chi connectivity index (χ0n) is 11.2. The van der Waals surface area contributed by atoms with Crippen molar-refractivity contribution in [3.05, 3.63) is 10.4 Å². The Morgan fingerprint density at radius 3 is 2.42 bits per heavy atom. The number of hydrogen-bond acceptors (Lipinski definition) is 6. The molecule has 2 N–H and O–H groups in total. The van der Waals surface area contributed by atoms with E-state index in [0.29, 0.717) is 10.4 Å². The van der Waals surface area contributed by atoms with Gasteiger partial charge in [-0.15, -0.1) is 11.3 Å². The van der Waals surface area contributed by atoms with Crippen molar-refractivity contribution in [2.45, 2.75) is 26.2 Å². The molecule has 0 bridgehead atoms. The van der Waals surface area contributed by atoms with Gasteiger partial charge in [-0.25, -0.2) is 4.79 Å². The molecule has 0 atom stereocenters. The summed E-state index contributed by atoms with van der Waals surface area (Å²) in [5.41, 5.74) is 6.55. The Hall–Kier alpha value is -1.56. The highest BCUT2D eigenvalue weighted by Gasteiger charge is 2.28. The molecule has 0 unspecified atom stereocenters. The highest BCUT2D eigenvalue weighted by molar-refractivity contribution is 7.19. The Bertz CT molecular complexity index is 504. The van der Waals surface area contributed by atoms with E-state index >= 15 is 0 Å². The number of carbonyl (C=O) groups excluding carboxylic acids is 2. The molecular weight excluding hydrogens is 264 g/mol. The van der Waals surface area contributed by atoms with Gasteiger partial charge in [0.25, 0.3) is 0 Å². The van der Waals surface area contributed by atoms with E-state index in [1.54, 1.807) is 0 Å². The zero-order valence-corrected chi connectivity index (χ0v) is 12.0. The Morgan fingerprint density at radius 1 is 1.26 bits per heavy atom. The van der Waals surface area contributed by atoms with Gasteiger partial charge < -0.3 is 15.4 Å². The highest BCUT2D eigenvalue weighted by Crippen LogP contribution is 2.40. The number of ketones is 1. The van der Waals surface area contributed by atoms with E-state index < -0.39 is 5.97 Å². The van der Waals surface area contributed by atoms with Crippen LogP contribution in [0, 0.1) is 0 Å². The number of piperidine rings is 1. The van der Waals surface area contributed by atoms with Crippen LogP contribution < -0.4 is 10.6 Å². The molecule has 2 heterocycles. The smallest absolute Gasteiger partial charge is 0.343 e. The lowest BCUT2D eigenvalue weighted by molar-refractivity contribution is 0.0603. The van der Waals surface area contributed by atoms with Gasteiger partial charge >= 0.3 is 5.97 Å². The van der Waals surface area contributed by atoms with Crippen LogP contribution in [0.4, 0.5) is 10.7 Å². The Morgan fingerprint density at radius 2 is 1.89 bits per heavy atom. The number of methoxy groups -OCH3 is 1. The second-order valence-electron chi connectivity index (χ2n) is 4.62. The van der Waals surface area contributed by atoms with Crippen LogP contribution in [0.5, 0.6) is 0 Å². The summed E-state index contributed by atoms with van der Waals surface area (Å²) in [7, 11) is 1.33. The van der Waals surface area contributed by atoms with E-state index in [-0.39, 0.29) is 11.5 Å². The quantitative estimate of drug-likeness (QED) is 0.680. The van der Waals surface area contributed by atoms with Crippen molar-refractivity contribution in [2.75, 3.05) is 30.8 Å². The molecule has 1 aromatic heterocycles. The predicted molar refractivity (Wildman–Crippen MR) is 76.1 cm³/mol. The topological polar surface area (TPSA) is 72.6 Å². The first kappa shape index (κ1) is 13.9. The van der Waals surface area contributed by atoms with Crippen LogP contribution in [0.25, 0.3) is 0 Å². The summed E-state index contributed by atoms with van der Waals surface area (Å²) in [4.78, 5) is 26.1. The number of nitrogens with zero attached hydrogens (tertiary/aromatic N) is 1. The van der Waals surface area contributed by atoms with Crippen molar-refractivity contribution in [2.24, 2.45) is 0 Å². The number of Topliss-reactive ketones (excluding diaryl/α,β-unsaturated/α-hetero) is 1. The van der Waals surface area contributed by atoms with Gasteiger partial charge in [0.2, 0.25) is 0 Å². The molecule has 0 amide bonds. The summed E-state index contributed by atoms with van der Waals surface area (Å²) >= 11 is 1.29. The third-order valence-corrected chi connectivity index (χ3v) is 4.65. The number of anilines is 2. The molecule has 0 aromatic carbocycles. The SMILES string of the molecule is COC(=O)c1c(N2CCCCC2)sc(C(C)=O)c1N. The number of nitrogens with two attached hydrogens (primary N) is 1. The molecule has 19 heavy (non-hydrogen) atoms. The fourth-order valence-corrected chi connectivity index (χ4v) is 3.47. The molecule has 0 radical (unpaired) electrons. The van der Waals surface area contributed by atoms with E-state index in [0.717, 1.165) is 30.9 Å². The van der Waals surface area contributed by atoms with Crippen LogP contribution in [0.15, 0.2) is 0 Å². The minimum atomic E-state index is -0.471. The average molecular weight is 282 g/mol. The van der Waals surface area contributed by atoms with Crippen LogP contribution >= 0.6 is 11.3 Å². The predicted octanol–water partition coefficient (Wildman–Crippen LogP) is 2.31. The number of nitrogen functional groups attached to an aromatic ring is 1. The summed E-state index contributed by atoms with van der Waals surface area (Å²) < 4.78 is 4.79. The number of ether oxygens (including phenoxy) is 1. The number of thiophene rings is 1. The lowest BCUT2D eigenvalue weighted by atomic mass is 10.1. The Balaban J connectivity index is 2.48. The van der Waals surface area contributed by atoms with Crippen molar-refractivity contribution in [3.8, 4) is 0 Å². The first-order valence-corrected chi connectivity index (χ1v) is 7.14. The first-order chi connectivity index (χ1) is 9.06. The van der Waals surface area contributed by atoms with Crippen molar-refractivity contribution in [3.63, 3.8) is 0 Å². The third-order valence-electron chi connectivity index (χ3n) is 3.28. The fourth-order valence-electron chi connectivity index (χ4n) is 2.31. The molecule has 6 heteroatoms. The molecule has 1 saturated heterocycles. The maximum atomic E-state index is 11.9. The summed E-state index contributed by atoms with van der Waals surface area (Å²) in [6.07, 6.45) is 3.38. The van der Waals surface area contributed by atoms with Gasteiger partial charge in [0.1, 0.15) is 10.6 Å². The molecule has 0 saturated carbocycles. The Labute approximate surface area is 116 Å². The minimum absolute atomic E-state index is 0.115. The van der Waals surface area contributed by atoms with Crippen molar-refractivity contribution < 1.29 is 14.3 Å². The lowest BCUT2D eigenvalue weighted by Gasteiger charge is -2.28. The van der Waals surface area contributed by atoms with Crippen molar-refractivity contribution in [1.82, 2.24) is 0 Å². The monoisotopic (exact) mass is 282 g/mol. The van der Waals surface area contributed by atoms with E-state index in [1.807, 2.05) is 0 Å². The van der Waals surface area contributed by atoms with Crippen LogP contribution in [0.3, 0.4) is 0 Å². The molecule has 1 aliphatic rings. The van der Waals surface area contributed by atoms with Crippen LogP contribution in [-0.2, 0) is 4.74 Å². The standard InChI is InChI=1S/C13H18N2O3S/c1-8(16)11-10(14)9(13(17)18-2)12(19-11)15-6-4-3-5-7-15/h3-7,14H2,1-2H3. The van der Waals surface area contributed by atoms with Gasteiger partial charge in [-0.05, 0) is 19.3 Å². The fraction of sp³-hybridized carbons (Fsp3) is 0.538. The lowest BCUT2D eigenvalue weighted by Crippen LogP contribution is -2.30. The zero-order chi connectivity index (χ0) is 14.0.